The lowest BCUT2D eigenvalue weighted by molar-refractivity contribution is -0.116. The van der Waals surface area contributed by atoms with E-state index in [4.69, 9.17) is 9.47 Å². The number of imidazole rings is 1. The van der Waals surface area contributed by atoms with Gasteiger partial charge in [-0.1, -0.05) is 0 Å². The molecule has 0 fully saturated rings. The summed E-state index contributed by atoms with van der Waals surface area (Å²) >= 11 is 0. The summed E-state index contributed by atoms with van der Waals surface area (Å²) in [5, 5.41) is 2.81. The second kappa shape index (κ2) is 8.30. The first-order chi connectivity index (χ1) is 16.6. The van der Waals surface area contributed by atoms with E-state index in [2.05, 4.69) is 31.3 Å². The van der Waals surface area contributed by atoms with E-state index >= 15 is 0 Å². The highest BCUT2D eigenvalue weighted by Crippen LogP contribution is 2.37. The minimum Gasteiger partial charge on any atom is -0.493 e. The molecular formula is C26H23N5O3. The number of carbonyl (C=O) groups excluding carboxylic acids is 1. The lowest BCUT2D eigenvalue weighted by atomic mass is 9.96. The lowest BCUT2D eigenvalue weighted by Gasteiger charge is -2.25. The first-order valence-electron chi connectivity index (χ1n) is 11.3. The number of anilines is 1. The Kier molecular flexibility index (Phi) is 4.98. The van der Waals surface area contributed by atoms with E-state index < -0.39 is 0 Å². The summed E-state index contributed by atoms with van der Waals surface area (Å²) in [5.41, 5.74) is 5.06. The molecule has 34 heavy (non-hydrogen) atoms. The number of fused-ring (bicyclic) bond motifs is 2. The van der Waals surface area contributed by atoms with E-state index in [1.807, 2.05) is 49.8 Å². The highest BCUT2D eigenvalue weighted by molar-refractivity contribution is 5.93. The van der Waals surface area contributed by atoms with E-state index in [1.165, 1.54) is 0 Å². The first kappa shape index (κ1) is 20.4. The van der Waals surface area contributed by atoms with E-state index in [0.29, 0.717) is 31.0 Å². The van der Waals surface area contributed by atoms with E-state index in [-0.39, 0.29) is 11.8 Å². The molecule has 2 aliphatic rings. The van der Waals surface area contributed by atoms with Gasteiger partial charge in [0.2, 0.25) is 5.91 Å². The van der Waals surface area contributed by atoms with Crippen molar-refractivity contribution in [3.8, 4) is 28.5 Å². The number of aryl methyl sites for hydroxylation is 1. The van der Waals surface area contributed by atoms with Crippen LogP contribution >= 0.6 is 0 Å². The molecule has 4 aromatic rings. The zero-order valence-corrected chi connectivity index (χ0v) is 18.7. The van der Waals surface area contributed by atoms with Crippen LogP contribution in [0.4, 0.5) is 5.82 Å². The van der Waals surface area contributed by atoms with Gasteiger partial charge in [0.15, 0.2) is 0 Å². The maximum atomic E-state index is 11.7. The maximum Gasteiger partial charge on any atom is 0.225 e. The molecule has 8 heteroatoms. The Labute approximate surface area is 196 Å². The molecular weight excluding hydrogens is 430 g/mol. The van der Waals surface area contributed by atoms with Gasteiger partial charge in [-0.3, -0.25) is 9.78 Å². The molecule has 0 unspecified atom stereocenters. The summed E-state index contributed by atoms with van der Waals surface area (Å²) in [7, 11) is 0. The van der Waals surface area contributed by atoms with Crippen molar-refractivity contribution in [2.24, 2.45) is 0 Å². The number of carbonyl (C=O) groups is 1. The van der Waals surface area contributed by atoms with Crippen LogP contribution in [-0.2, 0) is 17.6 Å². The molecule has 0 bridgehead atoms. The van der Waals surface area contributed by atoms with Gasteiger partial charge in [0.1, 0.15) is 28.9 Å². The maximum absolute atomic E-state index is 11.7. The number of H-pyrrole nitrogens is 1. The fourth-order valence-corrected chi connectivity index (χ4v) is 4.48. The monoisotopic (exact) mass is 453 g/mol. The summed E-state index contributed by atoms with van der Waals surface area (Å²) < 4.78 is 12.3. The van der Waals surface area contributed by atoms with E-state index in [9.17, 15) is 4.79 Å². The zero-order chi connectivity index (χ0) is 23.1. The van der Waals surface area contributed by atoms with Crippen LogP contribution in [0.2, 0.25) is 0 Å². The molecule has 5 heterocycles. The van der Waals surface area contributed by atoms with Gasteiger partial charge in [0, 0.05) is 36.1 Å². The van der Waals surface area contributed by atoms with Gasteiger partial charge in [-0.15, -0.1) is 0 Å². The summed E-state index contributed by atoms with van der Waals surface area (Å²) in [6, 6.07) is 9.79. The van der Waals surface area contributed by atoms with Crippen molar-refractivity contribution in [2.45, 2.75) is 32.1 Å². The largest absolute Gasteiger partial charge is 0.493 e. The van der Waals surface area contributed by atoms with Crippen LogP contribution < -0.4 is 14.8 Å². The first-order valence-corrected chi connectivity index (χ1v) is 11.3. The minimum absolute atomic E-state index is 0.0196. The predicted molar refractivity (Wildman–Crippen MR) is 126 cm³/mol. The van der Waals surface area contributed by atoms with E-state index in [0.717, 1.165) is 51.7 Å². The Morgan fingerprint density at radius 2 is 2.03 bits per heavy atom. The summed E-state index contributed by atoms with van der Waals surface area (Å²) in [6.07, 6.45) is 9.00. The quantitative estimate of drug-likeness (QED) is 0.469. The molecule has 3 aromatic heterocycles. The van der Waals surface area contributed by atoms with Crippen LogP contribution in [0.25, 0.3) is 11.3 Å². The van der Waals surface area contributed by atoms with Crippen LogP contribution in [0.5, 0.6) is 17.2 Å². The van der Waals surface area contributed by atoms with Crippen LogP contribution in [0.15, 0.2) is 55.1 Å². The molecule has 0 saturated heterocycles. The summed E-state index contributed by atoms with van der Waals surface area (Å²) in [6.45, 7) is 2.58. The highest BCUT2D eigenvalue weighted by atomic mass is 16.5. The second-order valence-corrected chi connectivity index (χ2v) is 8.70. The third-order valence-corrected chi connectivity index (χ3v) is 6.21. The van der Waals surface area contributed by atoms with Crippen LogP contribution in [-0.4, -0.2) is 32.4 Å². The highest BCUT2D eigenvalue weighted by Gasteiger charge is 2.25. The molecule has 0 spiro atoms. The Balaban J connectivity index is 1.22. The molecule has 1 aromatic carbocycles. The Hall–Kier alpha value is -4.20. The molecule has 1 amide bonds. The standard InChI is InChI=1S/C26H23N5O3/c1-15-8-17(12-27-11-15)21-13-29-25(30-21)18-9-16-10-19(2-4-22(16)33-14-18)34-23-6-7-28-26-20(23)3-5-24(32)31-26/h2,4,6-8,10-13,18H,3,5,9,14H2,1H3,(H,29,30)(H,28,31,32)/t18-/m1/s1. The van der Waals surface area contributed by atoms with Gasteiger partial charge in [-0.05, 0) is 61.2 Å². The number of nitrogens with one attached hydrogen (secondary N) is 2. The molecule has 0 saturated carbocycles. The number of nitrogens with zero attached hydrogens (tertiary/aromatic N) is 3. The lowest BCUT2D eigenvalue weighted by Crippen LogP contribution is -2.20. The molecule has 1 atom stereocenters. The van der Waals surface area contributed by atoms with Gasteiger partial charge >= 0.3 is 0 Å². The fourth-order valence-electron chi connectivity index (χ4n) is 4.48. The number of benzene rings is 1. The van der Waals surface area contributed by atoms with Crippen molar-refractivity contribution in [1.82, 2.24) is 19.9 Å². The smallest absolute Gasteiger partial charge is 0.225 e. The summed E-state index contributed by atoms with van der Waals surface area (Å²) in [5.74, 6) is 3.86. The number of ether oxygens (including phenoxy) is 2. The van der Waals surface area contributed by atoms with Crippen molar-refractivity contribution in [3.63, 3.8) is 0 Å². The molecule has 6 rings (SSSR count). The molecule has 8 nitrogen and oxygen atoms in total. The number of hydrogen-bond donors (Lipinski definition) is 2. The molecule has 0 aliphatic carbocycles. The average Bonchev–Trinajstić information content (AvgIpc) is 3.34. The minimum atomic E-state index is -0.0196. The Morgan fingerprint density at radius 1 is 1.09 bits per heavy atom. The molecule has 2 aliphatic heterocycles. The zero-order valence-electron chi connectivity index (χ0n) is 18.7. The molecule has 2 N–H and O–H groups in total. The number of amides is 1. The van der Waals surface area contributed by atoms with Crippen LogP contribution in [0, 0.1) is 6.92 Å². The topological polar surface area (TPSA) is 102 Å². The predicted octanol–water partition coefficient (Wildman–Crippen LogP) is 4.57. The van der Waals surface area contributed by atoms with Crippen molar-refractivity contribution in [3.05, 3.63) is 77.6 Å². The van der Waals surface area contributed by atoms with Gasteiger partial charge < -0.3 is 19.8 Å². The number of pyridine rings is 2. The summed E-state index contributed by atoms with van der Waals surface area (Å²) in [4.78, 5) is 28.3. The Bertz CT molecular complexity index is 1400. The second-order valence-electron chi connectivity index (χ2n) is 8.70. The third kappa shape index (κ3) is 3.87. The number of aromatic amines is 1. The Morgan fingerprint density at radius 3 is 2.94 bits per heavy atom. The number of hydrogen-bond acceptors (Lipinski definition) is 6. The van der Waals surface area contributed by atoms with Crippen molar-refractivity contribution in [1.29, 1.82) is 0 Å². The van der Waals surface area contributed by atoms with Crippen molar-refractivity contribution in [2.75, 3.05) is 11.9 Å². The molecule has 0 radical (unpaired) electrons. The van der Waals surface area contributed by atoms with Gasteiger partial charge in [-0.25, -0.2) is 9.97 Å². The SMILES string of the molecule is Cc1cncc(-c2cnc([C@H]3COc4ccc(Oc5ccnc6c5CCC(=O)N6)cc4C3)[nH]2)c1. The van der Waals surface area contributed by atoms with Crippen molar-refractivity contribution < 1.29 is 14.3 Å². The fraction of sp³-hybridized carbons (Fsp3) is 0.231. The van der Waals surface area contributed by atoms with Gasteiger partial charge in [0.05, 0.1) is 24.4 Å². The van der Waals surface area contributed by atoms with Crippen LogP contribution in [0.1, 0.15) is 34.9 Å². The normalized spacial score (nSPS) is 16.7. The van der Waals surface area contributed by atoms with Crippen LogP contribution in [0.3, 0.4) is 0 Å². The third-order valence-electron chi connectivity index (χ3n) is 6.21. The number of rotatable bonds is 4. The van der Waals surface area contributed by atoms with Gasteiger partial charge in [-0.2, -0.15) is 0 Å². The van der Waals surface area contributed by atoms with Gasteiger partial charge in [0.25, 0.3) is 0 Å². The average molecular weight is 454 g/mol. The molecule has 170 valence electrons. The van der Waals surface area contributed by atoms with E-state index in [1.54, 1.807) is 6.20 Å². The van der Waals surface area contributed by atoms with Crippen molar-refractivity contribution >= 4 is 11.7 Å². The number of aromatic nitrogens is 4.